The molecule has 0 radical (unpaired) electrons. The Balaban J connectivity index is 1.77. The van der Waals surface area contributed by atoms with Gasteiger partial charge in [0.25, 0.3) is 5.91 Å². The lowest BCUT2D eigenvalue weighted by Gasteiger charge is -2.14. The van der Waals surface area contributed by atoms with Crippen molar-refractivity contribution in [1.82, 2.24) is 20.1 Å². The molecule has 0 aliphatic carbocycles. The first kappa shape index (κ1) is 18.0. The lowest BCUT2D eigenvalue weighted by molar-refractivity contribution is 0.0936. The van der Waals surface area contributed by atoms with Gasteiger partial charge in [0.15, 0.2) is 0 Å². The van der Waals surface area contributed by atoms with Crippen LogP contribution in [0.25, 0.3) is 22.0 Å². The molecule has 1 amide bonds. The van der Waals surface area contributed by atoms with E-state index in [9.17, 15) is 4.79 Å². The van der Waals surface area contributed by atoms with Gasteiger partial charge in [-0.05, 0) is 38.5 Å². The highest BCUT2D eigenvalue weighted by Gasteiger charge is 2.22. The summed E-state index contributed by atoms with van der Waals surface area (Å²) in [6.45, 7) is 6.05. The number of fused-ring (bicyclic) bond motifs is 1. The highest BCUT2D eigenvalue weighted by Crippen LogP contribution is 2.33. The van der Waals surface area contributed by atoms with Gasteiger partial charge in [-0.15, -0.1) is 0 Å². The molecule has 0 bridgehead atoms. The predicted octanol–water partition coefficient (Wildman–Crippen LogP) is 4.68. The molecule has 4 aromatic rings. The van der Waals surface area contributed by atoms with Gasteiger partial charge in [-0.25, -0.2) is 0 Å². The zero-order valence-electron chi connectivity index (χ0n) is 16.6. The van der Waals surface area contributed by atoms with Crippen molar-refractivity contribution in [1.29, 1.82) is 0 Å². The standard InChI is InChI=1S/C23H24N4O/c1-14-10-11-20-18(12-14)21(17-8-6-5-7-9-17)22(26-20)23(28)25-15(2)19-13-24-27(4)16(19)3/h5-13,15,26H,1-4H3,(H,25,28)/t15-/m1/s1. The van der Waals surface area contributed by atoms with E-state index in [1.54, 1.807) is 0 Å². The minimum absolute atomic E-state index is 0.122. The third-order valence-electron chi connectivity index (χ3n) is 5.33. The van der Waals surface area contributed by atoms with Gasteiger partial charge in [0.05, 0.1) is 12.2 Å². The molecule has 0 spiro atoms. The number of aryl methyl sites for hydroxylation is 2. The molecular weight excluding hydrogens is 348 g/mol. The van der Waals surface area contributed by atoms with Crippen LogP contribution < -0.4 is 5.32 Å². The third-order valence-corrected chi connectivity index (χ3v) is 5.33. The molecular formula is C23H24N4O. The second kappa shape index (κ2) is 7.00. The molecule has 4 rings (SSSR count). The van der Waals surface area contributed by atoms with Crippen molar-refractivity contribution in [2.45, 2.75) is 26.8 Å². The molecule has 0 aliphatic heterocycles. The molecule has 2 heterocycles. The van der Waals surface area contributed by atoms with Gasteiger partial charge in [0, 0.05) is 34.8 Å². The van der Waals surface area contributed by atoms with E-state index in [1.807, 2.05) is 68.2 Å². The van der Waals surface area contributed by atoms with Crippen molar-refractivity contribution in [3.63, 3.8) is 0 Å². The number of nitrogens with zero attached hydrogens (tertiary/aromatic N) is 2. The van der Waals surface area contributed by atoms with Crippen LogP contribution in [-0.2, 0) is 7.05 Å². The van der Waals surface area contributed by atoms with Crippen molar-refractivity contribution < 1.29 is 4.79 Å². The zero-order chi connectivity index (χ0) is 19.8. The first-order valence-corrected chi connectivity index (χ1v) is 9.43. The maximum absolute atomic E-state index is 13.2. The van der Waals surface area contributed by atoms with Gasteiger partial charge in [0.2, 0.25) is 0 Å². The predicted molar refractivity (Wildman–Crippen MR) is 112 cm³/mol. The lowest BCUT2D eigenvalue weighted by Crippen LogP contribution is -2.27. The summed E-state index contributed by atoms with van der Waals surface area (Å²) in [6, 6.07) is 16.1. The van der Waals surface area contributed by atoms with Crippen LogP contribution in [0.15, 0.2) is 54.7 Å². The molecule has 5 nitrogen and oxygen atoms in total. The van der Waals surface area contributed by atoms with Gasteiger partial charge >= 0.3 is 0 Å². The summed E-state index contributed by atoms with van der Waals surface area (Å²) >= 11 is 0. The van der Waals surface area contributed by atoms with Crippen LogP contribution >= 0.6 is 0 Å². The Morgan fingerprint density at radius 2 is 1.89 bits per heavy atom. The number of hydrogen-bond acceptors (Lipinski definition) is 2. The summed E-state index contributed by atoms with van der Waals surface area (Å²) in [5, 5.41) is 8.47. The number of H-pyrrole nitrogens is 1. The third kappa shape index (κ3) is 3.09. The molecule has 2 aromatic heterocycles. The molecule has 5 heteroatoms. The van der Waals surface area contributed by atoms with E-state index in [0.717, 1.165) is 38.9 Å². The summed E-state index contributed by atoms with van der Waals surface area (Å²) in [7, 11) is 1.90. The number of benzene rings is 2. The van der Waals surface area contributed by atoms with Crippen LogP contribution in [0, 0.1) is 13.8 Å². The van der Waals surface area contributed by atoms with Crippen molar-refractivity contribution in [2.75, 3.05) is 0 Å². The van der Waals surface area contributed by atoms with Gasteiger partial charge in [-0.3, -0.25) is 9.48 Å². The number of hydrogen-bond donors (Lipinski definition) is 2. The van der Waals surface area contributed by atoms with Crippen LogP contribution in [0.1, 0.15) is 40.3 Å². The Bertz CT molecular complexity index is 1150. The number of rotatable bonds is 4. The zero-order valence-corrected chi connectivity index (χ0v) is 16.6. The molecule has 2 aromatic carbocycles. The fourth-order valence-corrected chi connectivity index (χ4v) is 3.67. The summed E-state index contributed by atoms with van der Waals surface area (Å²) in [4.78, 5) is 16.6. The van der Waals surface area contributed by atoms with Crippen LogP contribution in [0.3, 0.4) is 0 Å². The van der Waals surface area contributed by atoms with Gasteiger partial charge in [-0.2, -0.15) is 5.10 Å². The van der Waals surface area contributed by atoms with Gasteiger partial charge in [-0.1, -0.05) is 42.0 Å². The summed E-state index contributed by atoms with van der Waals surface area (Å²) in [5.74, 6) is -0.122. The van der Waals surface area contributed by atoms with E-state index in [0.29, 0.717) is 5.69 Å². The summed E-state index contributed by atoms with van der Waals surface area (Å²) in [6.07, 6.45) is 1.81. The number of carbonyl (C=O) groups excluding carboxylic acids is 1. The molecule has 0 fully saturated rings. The van der Waals surface area contributed by atoms with Crippen molar-refractivity contribution in [3.05, 3.63) is 77.2 Å². The Kier molecular flexibility index (Phi) is 4.51. The maximum Gasteiger partial charge on any atom is 0.268 e. The lowest BCUT2D eigenvalue weighted by atomic mass is 10.00. The highest BCUT2D eigenvalue weighted by molar-refractivity contribution is 6.09. The van der Waals surface area contributed by atoms with E-state index in [2.05, 4.69) is 34.5 Å². The van der Waals surface area contributed by atoms with Crippen LogP contribution in [-0.4, -0.2) is 20.7 Å². The molecule has 142 valence electrons. The quantitative estimate of drug-likeness (QED) is 0.546. The monoisotopic (exact) mass is 372 g/mol. The van der Waals surface area contributed by atoms with Gasteiger partial charge in [0.1, 0.15) is 5.69 Å². The molecule has 2 N–H and O–H groups in total. The Hall–Kier alpha value is -3.34. The highest BCUT2D eigenvalue weighted by atomic mass is 16.1. The second-order valence-corrected chi connectivity index (χ2v) is 7.29. The fraction of sp³-hybridized carbons (Fsp3) is 0.217. The van der Waals surface area contributed by atoms with Crippen LogP contribution in [0.4, 0.5) is 0 Å². The Morgan fingerprint density at radius 1 is 1.14 bits per heavy atom. The largest absolute Gasteiger partial charge is 0.350 e. The number of aromatic nitrogens is 3. The normalized spacial score (nSPS) is 12.3. The first-order chi connectivity index (χ1) is 13.5. The van der Waals surface area contributed by atoms with Crippen molar-refractivity contribution in [2.24, 2.45) is 7.05 Å². The van der Waals surface area contributed by atoms with Crippen LogP contribution in [0.5, 0.6) is 0 Å². The Labute approximate surface area is 164 Å². The summed E-state index contributed by atoms with van der Waals surface area (Å²) < 4.78 is 1.82. The smallest absolute Gasteiger partial charge is 0.268 e. The first-order valence-electron chi connectivity index (χ1n) is 9.43. The molecule has 0 saturated carbocycles. The SMILES string of the molecule is Cc1ccc2[nH]c(C(=O)N[C@H](C)c3cnn(C)c3C)c(-c3ccccc3)c2c1. The minimum atomic E-state index is -0.141. The fourth-order valence-electron chi connectivity index (χ4n) is 3.67. The van der Waals surface area contributed by atoms with Crippen molar-refractivity contribution in [3.8, 4) is 11.1 Å². The average molecular weight is 372 g/mol. The van der Waals surface area contributed by atoms with E-state index in [1.165, 1.54) is 0 Å². The molecule has 0 aliphatic rings. The van der Waals surface area contributed by atoms with E-state index < -0.39 is 0 Å². The molecule has 0 unspecified atom stereocenters. The maximum atomic E-state index is 13.2. The van der Waals surface area contributed by atoms with E-state index >= 15 is 0 Å². The molecule has 1 atom stereocenters. The Morgan fingerprint density at radius 3 is 2.57 bits per heavy atom. The minimum Gasteiger partial charge on any atom is -0.350 e. The average Bonchev–Trinajstić information content (AvgIpc) is 3.22. The van der Waals surface area contributed by atoms with Gasteiger partial charge < -0.3 is 10.3 Å². The van der Waals surface area contributed by atoms with E-state index in [-0.39, 0.29) is 11.9 Å². The number of aromatic amines is 1. The van der Waals surface area contributed by atoms with Crippen LogP contribution in [0.2, 0.25) is 0 Å². The number of nitrogens with one attached hydrogen (secondary N) is 2. The van der Waals surface area contributed by atoms with E-state index in [4.69, 9.17) is 0 Å². The number of amides is 1. The number of carbonyl (C=O) groups is 1. The summed E-state index contributed by atoms with van der Waals surface area (Å²) in [5.41, 5.74) is 6.73. The molecule has 0 saturated heterocycles. The molecule has 28 heavy (non-hydrogen) atoms. The second-order valence-electron chi connectivity index (χ2n) is 7.29. The van der Waals surface area contributed by atoms with Crippen molar-refractivity contribution >= 4 is 16.8 Å². The topological polar surface area (TPSA) is 62.7 Å².